The fraction of sp³-hybridized carbons (Fsp3) is 0.545. The predicted octanol–water partition coefficient (Wildman–Crippen LogP) is 1.97. The van der Waals surface area contributed by atoms with Crippen molar-refractivity contribution in [1.29, 1.82) is 0 Å². The summed E-state index contributed by atoms with van der Waals surface area (Å²) >= 11 is 0. The van der Waals surface area contributed by atoms with Crippen LogP contribution in [0, 0.1) is 12.0 Å². The number of aromatic nitrogens is 1. The van der Waals surface area contributed by atoms with Crippen LogP contribution in [0.5, 0.6) is 0 Å². The SMILES string of the molecule is CC(C)CN(C)Cc1c[c]ccn1. The van der Waals surface area contributed by atoms with Crippen LogP contribution in [0.1, 0.15) is 19.5 Å². The molecule has 0 aromatic carbocycles. The third kappa shape index (κ3) is 4.04. The fourth-order valence-electron chi connectivity index (χ4n) is 1.41. The van der Waals surface area contributed by atoms with Gasteiger partial charge in [0.1, 0.15) is 0 Å². The Hall–Kier alpha value is -0.890. The molecule has 0 saturated heterocycles. The molecule has 0 unspecified atom stereocenters. The molecule has 0 spiro atoms. The van der Waals surface area contributed by atoms with E-state index in [9.17, 15) is 0 Å². The molecule has 1 aromatic heterocycles. The zero-order chi connectivity index (χ0) is 9.68. The largest absolute Gasteiger partial charge is 0.300 e. The summed E-state index contributed by atoms with van der Waals surface area (Å²) < 4.78 is 0. The van der Waals surface area contributed by atoms with Crippen LogP contribution in [-0.4, -0.2) is 23.5 Å². The van der Waals surface area contributed by atoms with Gasteiger partial charge in [-0.05, 0) is 31.2 Å². The summed E-state index contributed by atoms with van der Waals surface area (Å²) in [6.45, 7) is 6.47. The Morgan fingerprint density at radius 3 is 2.85 bits per heavy atom. The zero-order valence-electron chi connectivity index (χ0n) is 8.62. The van der Waals surface area contributed by atoms with Gasteiger partial charge in [-0.1, -0.05) is 13.8 Å². The molecule has 1 radical (unpaired) electrons. The predicted molar refractivity (Wildman–Crippen MR) is 54.2 cm³/mol. The second-order valence-corrected chi connectivity index (χ2v) is 3.84. The van der Waals surface area contributed by atoms with Gasteiger partial charge in [0.05, 0.1) is 5.69 Å². The van der Waals surface area contributed by atoms with E-state index in [-0.39, 0.29) is 0 Å². The molecule has 2 heteroatoms. The van der Waals surface area contributed by atoms with E-state index in [1.165, 1.54) is 0 Å². The van der Waals surface area contributed by atoms with Gasteiger partial charge in [0, 0.05) is 19.3 Å². The molecule has 71 valence electrons. The highest BCUT2D eigenvalue weighted by Crippen LogP contribution is 2.01. The Bertz CT molecular complexity index is 231. The van der Waals surface area contributed by atoms with Crippen molar-refractivity contribution in [2.45, 2.75) is 20.4 Å². The molecule has 0 fully saturated rings. The van der Waals surface area contributed by atoms with Crippen LogP contribution >= 0.6 is 0 Å². The van der Waals surface area contributed by atoms with Crippen molar-refractivity contribution in [3.05, 3.63) is 30.1 Å². The van der Waals surface area contributed by atoms with E-state index in [4.69, 9.17) is 0 Å². The minimum Gasteiger partial charge on any atom is -0.300 e. The summed E-state index contributed by atoms with van der Waals surface area (Å²) in [6.07, 6.45) is 1.79. The topological polar surface area (TPSA) is 16.1 Å². The van der Waals surface area contributed by atoms with Crippen molar-refractivity contribution in [2.24, 2.45) is 5.92 Å². The van der Waals surface area contributed by atoms with Crippen molar-refractivity contribution in [3.63, 3.8) is 0 Å². The number of hydrogen-bond donors (Lipinski definition) is 0. The molecule has 0 aliphatic rings. The summed E-state index contributed by atoms with van der Waals surface area (Å²) in [5, 5.41) is 0. The van der Waals surface area contributed by atoms with Gasteiger partial charge in [-0.25, -0.2) is 0 Å². The second kappa shape index (κ2) is 4.97. The van der Waals surface area contributed by atoms with Crippen molar-refractivity contribution >= 4 is 0 Å². The first-order chi connectivity index (χ1) is 6.18. The number of hydrogen-bond acceptors (Lipinski definition) is 2. The summed E-state index contributed by atoms with van der Waals surface area (Å²) in [5.74, 6) is 0.706. The third-order valence-electron chi connectivity index (χ3n) is 1.77. The summed E-state index contributed by atoms with van der Waals surface area (Å²) in [4.78, 5) is 6.53. The lowest BCUT2D eigenvalue weighted by Gasteiger charge is -2.17. The Morgan fingerprint density at radius 1 is 1.54 bits per heavy atom. The van der Waals surface area contributed by atoms with E-state index >= 15 is 0 Å². The fourth-order valence-corrected chi connectivity index (χ4v) is 1.41. The summed E-state index contributed by atoms with van der Waals surface area (Å²) in [6, 6.07) is 6.80. The van der Waals surface area contributed by atoms with E-state index in [0.717, 1.165) is 18.8 Å². The van der Waals surface area contributed by atoms with Crippen LogP contribution in [0.2, 0.25) is 0 Å². The van der Waals surface area contributed by atoms with Gasteiger partial charge in [0.25, 0.3) is 0 Å². The monoisotopic (exact) mass is 177 g/mol. The van der Waals surface area contributed by atoms with Crippen LogP contribution < -0.4 is 0 Å². The lowest BCUT2D eigenvalue weighted by molar-refractivity contribution is 0.285. The van der Waals surface area contributed by atoms with E-state index in [2.05, 4.69) is 36.8 Å². The van der Waals surface area contributed by atoms with Crippen molar-refractivity contribution < 1.29 is 0 Å². The van der Waals surface area contributed by atoms with E-state index in [1.807, 2.05) is 12.1 Å². The van der Waals surface area contributed by atoms with Gasteiger partial charge >= 0.3 is 0 Å². The average Bonchev–Trinajstić information content (AvgIpc) is 2.04. The van der Waals surface area contributed by atoms with Crippen molar-refractivity contribution in [3.8, 4) is 0 Å². The van der Waals surface area contributed by atoms with E-state index in [1.54, 1.807) is 6.20 Å². The molecule has 0 aliphatic heterocycles. The molecular weight excluding hydrogens is 160 g/mol. The van der Waals surface area contributed by atoms with Crippen molar-refractivity contribution in [2.75, 3.05) is 13.6 Å². The molecule has 0 N–H and O–H groups in total. The number of nitrogens with zero attached hydrogens (tertiary/aromatic N) is 2. The quantitative estimate of drug-likeness (QED) is 0.699. The average molecular weight is 177 g/mol. The normalized spacial score (nSPS) is 11.2. The highest BCUT2D eigenvalue weighted by Gasteiger charge is 2.02. The van der Waals surface area contributed by atoms with Gasteiger partial charge in [-0.2, -0.15) is 0 Å². The lowest BCUT2D eigenvalue weighted by atomic mass is 10.2. The van der Waals surface area contributed by atoms with Crippen LogP contribution in [0.25, 0.3) is 0 Å². The molecule has 13 heavy (non-hydrogen) atoms. The Labute approximate surface area is 80.6 Å². The Morgan fingerprint density at radius 2 is 2.31 bits per heavy atom. The minimum absolute atomic E-state index is 0.706. The minimum atomic E-state index is 0.706. The first-order valence-corrected chi connectivity index (χ1v) is 4.68. The van der Waals surface area contributed by atoms with Gasteiger partial charge in [0.15, 0.2) is 0 Å². The van der Waals surface area contributed by atoms with Crippen LogP contribution in [0.3, 0.4) is 0 Å². The third-order valence-corrected chi connectivity index (χ3v) is 1.77. The maximum Gasteiger partial charge on any atom is 0.0549 e. The molecule has 0 amide bonds. The van der Waals surface area contributed by atoms with E-state index in [0.29, 0.717) is 5.92 Å². The van der Waals surface area contributed by atoms with Crippen LogP contribution in [-0.2, 0) is 6.54 Å². The van der Waals surface area contributed by atoms with Gasteiger partial charge in [-0.15, -0.1) is 0 Å². The summed E-state index contributed by atoms with van der Waals surface area (Å²) in [7, 11) is 2.12. The standard InChI is InChI=1S/C11H17N2/c1-10(2)8-13(3)9-11-6-4-5-7-12-11/h5-7,10H,8-9H2,1-3H3. The lowest BCUT2D eigenvalue weighted by Crippen LogP contribution is -2.23. The van der Waals surface area contributed by atoms with Crippen LogP contribution in [0.15, 0.2) is 18.3 Å². The van der Waals surface area contributed by atoms with Gasteiger partial charge < -0.3 is 4.90 Å². The Balaban J connectivity index is 2.41. The molecule has 0 bridgehead atoms. The number of rotatable bonds is 4. The zero-order valence-corrected chi connectivity index (χ0v) is 8.62. The smallest absolute Gasteiger partial charge is 0.0549 e. The second-order valence-electron chi connectivity index (χ2n) is 3.84. The van der Waals surface area contributed by atoms with E-state index < -0.39 is 0 Å². The number of pyridine rings is 1. The highest BCUT2D eigenvalue weighted by molar-refractivity contribution is 5.01. The maximum absolute atomic E-state index is 4.25. The van der Waals surface area contributed by atoms with Gasteiger partial charge in [0.2, 0.25) is 0 Å². The molecule has 1 heterocycles. The first-order valence-electron chi connectivity index (χ1n) is 4.68. The Kier molecular flexibility index (Phi) is 3.90. The van der Waals surface area contributed by atoms with Crippen LogP contribution in [0.4, 0.5) is 0 Å². The molecular formula is C11H17N2. The molecule has 1 aromatic rings. The molecule has 0 saturated carbocycles. The van der Waals surface area contributed by atoms with Crippen molar-refractivity contribution in [1.82, 2.24) is 9.88 Å². The summed E-state index contributed by atoms with van der Waals surface area (Å²) in [5.41, 5.74) is 1.09. The maximum atomic E-state index is 4.25. The molecule has 2 nitrogen and oxygen atoms in total. The highest BCUT2D eigenvalue weighted by atomic mass is 15.1. The molecule has 0 aliphatic carbocycles. The first kappa shape index (κ1) is 10.2. The molecule has 0 atom stereocenters. The molecule has 1 rings (SSSR count). The van der Waals surface area contributed by atoms with Gasteiger partial charge in [-0.3, -0.25) is 4.98 Å².